The molecule has 0 saturated carbocycles. The molecule has 1 fully saturated rings. The van der Waals surface area contributed by atoms with Crippen LogP contribution in [0.1, 0.15) is 45.0 Å². The van der Waals surface area contributed by atoms with Crippen LogP contribution in [0.4, 0.5) is 5.69 Å². The molecule has 0 unspecified atom stereocenters. The van der Waals surface area contributed by atoms with Gasteiger partial charge in [0.2, 0.25) is 0 Å². The molecular weight excluding hydrogens is 312 g/mol. The van der Waals surface area contributed by atoms with E-state index in [0.29, 0.717) is 5.92 Å². The first-order valence-electron chi connectivity index (χ1n) is 9.07. The number of aromatic nitrogens is 3. The minimum Gasteiger partial charge on any atom is -0.371 e. The average molecular weight is 340 g/mol. The quantitative estimate of drug-likeness (QED) is 0.861. The number of rotatable bonds is 3. The van der Waals surface area contributed by atoms with Crippen LogP contribution in [0.15, 0.2) is 35.5 Å². The lowest BCUT2D eigenvalue weighted by atomic mass is 9.92. The van der Waals surface area contributed by atoms with E-state index in [9.17, 15) is 4.79 Å². The molecule has 5 heteroatoms. The van der Waals surface area contributed by atoms with Gasteiger partial charge in [-0.2, -0.15) is 0 Å². The molecule has 2 aromatic heterocycles. The molecule has 0 aliphatic carbocycles. The van der Waals surface area contributed by atoms with Crippen LogP contribution in [0.2, 0.25) is 0 Å². The van der Waals surface area contributed by atoms with Gasteiger partial charge in [0.05, 0.1) is 12.0 Å². The Hall–Kier alpha value is -2.17. The first kappa shape index (κ1) is 17.6. The Labute approximate surface area is 149 Å². The fourth-order valence-electron chi connectivity index (χ4n) is 3.35. The third-order valence-corrected chi connectivity index (χ3v) is 4.96. The van der Waals surface area contributed by atoms with Crippen molar-refractivity contribution in [2.75, 3.05) is 18.0 Å². The van der Waals surface area contributed by atoms with E-state index in [1.807, 2.05) is 13.1 Å². The maximum Gasteiger partial charge on any atom is 0.253 e. The first-order chi connectivity index (χ1) is 11.8. The third-order valence-electron chi connectivity index (χ3n) is 4.96. The molecule has 0 radical (unpaired) electrons. The summed E-state index contributed by atoms with van der Waals surface area (Å²) in [5.41, 5.74) is 3.13. The van der Waals surface area contributed by atoms with Gasteiger partial charge in [0.15, 0.2) is 0 Å². The summed E-state index contributed by atoms with van der Waals surface area (Å²) < 4.78 is 1.77. The monoisotopic (exact) mass is 340 g/mol. The van der Waals surface area contributed by atoms with Gasteiger partial charge in [-0.05, 0) is 37.8 Å². The molecule has 0 atom stereocenters. The number of pyridine rings is 1. The van der Waals surface area contributed by atoms with E-state index in [4.69, 9.17) is 0 Å². The minimum absolute atomic E-state index is 0.0621. The number of nitrogens with zero attached hydrogens (tertiary/aromatic N) is 4. The highest BCUT2D eigenvalue weighted by Gasteiger charge is 2.21. The third kappa shape index (κ3) is 4.27. The molecule has 0 N–H and O–H groups in total. The van der Waals surface area contributed by atoms with E-state index < -0.39 is 0 Å². The first-order valence-corrected chi connectivity index (χ1v) is 9.07. The molecule has 1 saturated heterocycles. The summed E-state index contributed by atoms with van der Waals surface area (Å²) in [6, 6.07) is 5.90. The standard InChI is InChI=1S/C20H28N4O/c1-15-11-17(5-8-21-15)23-9-6-16(7-10-23)13-24-14-22-18(12-19(24)25)20(2,3)4/h5,8,11-12,14,16H,6-7,9-10,13H2,1-4H3. The zero-order valence-corrected chi connectivity index (χ0v) is 15.7. The van der Waals surface area contributed by atoms with Crippen molar-refractivity contribution in [1.82, 2.24) is 14.5 Å². The highest BCUT2D eigenvalue weighted by Crippen LogP contribution is 2.24. The normalized spacial score (nSPS) is 16.2. The Morgan fingerprint density at radius 1 is 1.16 bits per heavy atom. The average Bonchev–Trinajstić information content (AvgIpc) is 2.56. The van der Waals surface area contributed by atoms with Crippen LogP contribution in [0, 0.1) is 12.8 Å². The van der Waals surface area contributed by atoms with E-state index >= 15 is 0 Å². The zero-order chi connectivity index (χ0) is 18.0. The largest absolute Gasteiger partial charge is 0.371 e. The zero-order valence-electron chi connectivity index (χ0n) is 15.7. The smallest absolute Gasteiger partial charge is 0.253 e. The van der Waals surface area contributed by atoms with Crippen LogP contribution in [0.5, 0.6) is 0 Å². The van der Waals surface area contributed by atoms with Crippen molar-refractivity contribution in [3.8, 4) is 0 Å². The molecular formula is C20H28N4O. The lowest BCUT2D eigenvalue weighted by molar-refractivity contribution is 0.350. The van der Waals surface area contributed by atoms with Gasteiger partial charge in [-0.3, -0.25) is 14.3 Å². The van der Waals surface area contributed by atoms with E-state index in [1.54, 1.807) is 17.0 Å². The van der Waals surface area contributed by atoms with Crippen LogP contribution in [-0.2, 0) is 12.0 Å². The van der Waals surface area contributed by atoms with E-state index in [1.165, 1.54) is 5.69 Å². The molecule has 25 heavy (non-hydrogen) atoms. The van der Waals surface area contributed by atoms with E-state index in [2.05, 4.69) is 47.8 Å². The maximum absolute atomic E-state index is 12.4. The van der Waals surface area contributed by atoms with Gasteiger partial charge in [0.1, 0.15) is 0 Å². The predicted molar refractivity (Wildman–Crippen MR) is 101 cm³/mol. The fraction of sp³-hybridized carbons (Fsp3) is 0.550. The minimum atomic E-state index is -0.0910. The fourth-order valence-corrected chi connectivity index (χ4v) is 3.35. The van der Waals surface area contributed by atoms with Crippen LogP contribution in [0.25, 0.3) is 0 Å². The second kappa shape index (κ2) is 6.98. The van der Waals surface area contributed by atoms with Gasteiger partial charge in [0, 0.05) is 48.7 Å². The number of hydrogen-bond acceptors (Lipinski definition) is 4. The number of anilines is 1. The second-order valence-electron chi connectivity index (χ2n) is 8.10. The van der Waals surface area contributed by atoms with Crippen LogP contribution in [-0.4, -0.2) is 27.6 Å². The number of piperidine rings is 1. The predicted octanol–water partition coefficient (Wildman–Crippen LogP) is 3.16. The second-order valence-corrected chi connectivity index (χ2v) is 8.10. The molecule has 0 spiro atoms. The summed E-state index contributed by atoms with van der Waals surface area (Å²) in [7, 11) is 0. The molecule has 0 aromatic carbocycles. The SMILES string of the molecule is Cc1cc(N2CCC(Cn3cnc(C(C)(C)C)cc3=O)CC2)ccn1. The summed E-state index contributed by atoms with van der Waals surface area (Å²) in [5.74, 6) is 0.527. The summed E-state index contributed by atoms with van der Waals surface area (Å²) in [5, 5.41) is 0. The Morgan fingerprint density at radius 2 is 1.88 bits per heavy atom. The Kier molecular flexibility index (Phi) is 4.93. The molecule has 0 bridgehead atoms. The molecule has 1 aliphatic heterocycles. The Bertz CT molecular complexity index is 783. The van der Waals surface area contributed by atoms with E-state index in [-0.39, 0.29) is 11.0 Å². The van der Waals surface area contributed by atoms with Crippen molar-refractivity contribution in [3.05, 3.63) is 52.5 Å². The lowest BCUT2D eigenvalue weighted by Crippen LogP contribution is -2.36. The molecule has 134 valence electrons. The highest BCUT2D eigenvalue weighted by atomic mass is 16.1. The van der Waals surface area contributed by atoms with Gasteiger partial charge >= 0.3 is 0 Å². The highest BCUT2D eigenvalue weighted by molar-refractivity contribution is 5.46. The van der Waals surface area contributed by atoms with Crippen molar-refractivity contribution < 1.29 is 0 Å². The van der Waals surface area contributed by atoms with Gasteiger partial charge in [-0.25, -0.2) is 4.98 Å². The van der Waals surface area contributed by atoms with Crippen LogP contribution >= 0.6 is 0 Å². The van der Waals surface area contributed by atoms with Crippen LogP contribution in [0.3, 0.4) is 0 Å². The summed E-state index contributed by atoms with van der Waals surface area (Å²) in [6.07, 6.45) is 5.78. The summed E-state index contributed by atoms with van der Waals surface area (Å²) in [4.78, 5) is 23.6. The maximum atomic E-state index is 12.4. The van der Waals surface area contributed by atoms with Gasteiger partial charge < -0.3 is 4.90 Å². The van der Waals surface area contributed by atoms with E-state index in [0.717, 1.165) is 43.9 Å². The molecule has 2 aromatic rings. The van der Waals surface area contributed by atoms with Crippen molar-refractivity contribution in [3.63, 3.8) is 0 Å². The van der Waals surface area contributed by atoms with Crippen LogP contribution < -0.4 is 10.5 Å². The molecule has 0 amide bonds. The van der Waals surface area contributed by atoms with Gasteiger partial charge in [-0.15, -0.1) is 0 Å². The Balaban J connectivity index is 1.62. The molecule has 1 aliphatic rings. The van der Waals surface area contributed by atoms with Gasteiger partial charge in [-0.1, -0.05) is 20.8 Å². The molecule has 5 nitrogen and oxygen atoms in total. The summed E-state index contributed by atoms with van der Waals surface area (Å²) in [6.45, 7) is 11.1. The van der Waals surface area contributed by atoms with Crippen molar-refractivity contribution in [2.45, 2.75) is 52.5 Å². The van der Waals surface area contributed by atoms with Crippen molar-refractivity contribution in [1.29, 1.82) is 0 Å². The van der Waals surface area contributed by atoms with Gasteiger partial charge in [0.25, 0.3) is 5.56 Å². The molecule has 3 heterocycles. The van der Waals surface area contributed by atoms with Crippen molar-refractivity contribution in [2.24, 2.45) is 5.92 Å². The number of aryl methyl sites for hydroxylation is 1. The number of hydrogen-bond donors (Lipinski definition) is 0. The molecule has 3 rings (SSSR count). The topological polar surface area (TPSA) is 51.0 Å². The lowest BCUT2D eigenvalue weighted by Gasteiger charge is -2.34. The Morgan fingerprint density at radius 3 is 2.48 bits per heavy atom. The van der Waals surface area contributed by atoms with Crippen molar-refractivity contribution >= 4 is 5.69 Å². The summed E-state index contributed by atoms with van der Waals surface area (Å²) >= 11 is 0.